The van der Waals surface area contributed by atoms with Gasteiger partial charge in [0.1, 0.15) is 0 Å². The van der Waals surface area contributed by atoms with Crippen molar-refractivity contribution in [1.29, 1.82) is 0 Å². The molecule has 2 aliphatic rings. The highest BCUT2D eigenvalue weighted by atomic mass is 16.2. The minimum Gasteiger partial charge on any atom is -0.301 e. The van der Waals surface area contributed by atoms with Gasteiger partial charge in [0.2, 0.25) is 0 Å². The van der Waals surface area contributed by atoms with Gasteiger partial charge in [0.25, 0.3) is 11.8 Å². The maximum absolute atomic E-state index is 12.3. The minimum absolute atomic E-state index is 0.0313. The van der Waals surface area contributed by atoms with Gasteiger partial charge in [-0.3, -0.25) is 19.2 Å². The van der Waals surface area contributed by atoms with Gasteiger partial charge < -0.3 is 9.80 Å². The predicted octanol–water partition coefficient (Wildman–Crippen LogP) is 4.43. The first kappa shape index (κ1) is 24.1. The maximum atomic E-state index is 12.3. The monoisotopic (exact) mass is 490 g/mol. The third-order valence-electron chi connectivity index (χ3n) is 6.80. The molecule has 0 aliphatic carbocycles. The van der Waals surface area contributed by atoms with Crippen molar-refractivity contribution in [3.63, 3.8) is 0 Å². The Morgan fingerprint density at radius 1 is 0.595 bits per heavy atom. The van der Waals surface area contributed by atoms with Crippen LogP contribution in [-0.2, 0) is 19.2 Å². The number of amides is 2. The van der Waals surface area contributed by atoms with Crippen molar-refractivity contribution in [3.05, 3.63) is 119 Å². The molecule has 184 valence electrons. The molecule has 0 fully saturated rings. The van der Waals surface area contributed by atoms with E-state index >= 15 is 0 Å². The van der Waals surface area contributed by atoms with Crippen LogP contribution in [0.15, 0.2) is 91.0 Å². The molecular weight excluding hydrogens is 464 g/mol. The van der Waals surface area contributed by atoms with Crippen molar-refractivity contribution < 1.29 is 19.2 Å². The summed E-state index contributed by atoms with van der Waals surface area (Å²) in [6.07, 6.45) is 5.24. The Labute approximate surface area is 215 Å². The van der Waals surface area contributed by atoms with E-state index in [1.54, 1.807) is 0 Å². The van der Waals surface area contributed by atoms with E-state index < -0.39 is 0 Å². The molecule has 5 rings (SSSR count). The third-order valence-corrected chi connectivity index (χ3v) is 6.80. The highest BCUT2D eigenvalue weighted by Gasteiger charge is 2.24. The fourth-order valence-electron chi connectivity index (χ4n) is 4.91. The number of aryl methyl sites for hydroxylation is 2. The van der Waals surface area contributed by atoms with Crippen LogP contribution in [0.25, 0.3) is 0 Å². The summed E-state index contributed by atoms with van der Waals surface area (Å²) < 4.78 is 0. The lowest BCUT2D eigenvalue weighted by Crippen LogP contribution is -2.37. The lowest BCUT2D eigenvalue weighted by molar-refractivity contribution is -0.119. The Kier molecular flexibility index (Phi) is 6.40. The summed E-state index contributed by atoms with van der Waals surface area (Å²) in [5, 5.41) is 0. The topological polar surface area (TPSA) is 74.8 Å². The van der Waals surface area contributed by atoms with Crippen LogP contribution in [0.2, 0.25) is 0 Å². The van der Waals surface area contributed by atoms with Gasteiger partial charge in [0, 0.05) is 29.4 Å². The lowest BCUT2D eigenvalue weighted by atomic mass is 9.82. The fourth-order valence-corrected chi connectivity index (χ4v) is 4.91. The van der Waals surface area contributed by atoms with Gasteiger partial charge in [-0.05, 0) is 72.5 Å². The number of carbonyl (C=O) groups is 4. The van der Waals surface area contributed by atoms with Gasteiger partial charge in [0.15, 0.2) is 11.6 Å². The molecule has 0 saturated carbocycles. The zero-order valence-corrected chi connectivity index (χ0v) is 20.7. The van der Waals surface area contributed by atoms with Crippen LogP contribution in [0.1, 0.15) is 33.7 Å². The molecule has 6 nitrogen and oxygen atoms in total. The molecule has 2 heterocycles. The Bertz CT molecular complexity index is 1380. The molecule has 0 saturated heterocycles. The number of anilines is 2. The van der Waals surface area contributed by atoms with E-state index in [4.69, 9.17) is 0 Å². The summed E-state index contributed by atoms with van der Waals surface area (Å²) in [6, 6.07) is 21.8. The Morgan fingerprint density at radius 3 is 1.49 bits per heavy atom. The maximum Gasteiger partial charge on any atom is 0.251 e. The molecule has 3 aromatic carbocycles. The van der Waals surface area contributed by atoms with E-state index in [1.165, 1.54) is 39.7 Å². The molecule has 6 heteroatoms. The molecule has 2 amide bonds. The van der Waals surface area contributed by atoms with Crippen molar-refractivity contribution in [2.45, 2.75) is 19.8 Å². The van der Waals surface area contributed by atoms with Crippen LogP contribution in [0.3, 0.4) is 0 Å². The highest BCUT2D eigenvalue weighted by Crippen LogP contribution is 2.36. The molecule has 0 atom stereocenters. The summed E-state index contributed by atoms with van der Waals surface area (Å²) in [7, 11) is 0. The SMILES string of the molecule is Cc1ccc(C(c2ccc(N3CC(=O)C=CC3=O)cc2)c2ccc(N3CC(=O)C=CC3=O)cc2)c(C)c1. The molecule has 0 bridgehead atoms. The van der Waals surface area contributed by atoms with E-state index in [1.807, 2.05) is 48.5 Å². The van der Waals surface area contributed by atoms with Gasteiger partial charge in [-0.15, -0.1) is 0 Å². The number of carbonyl (C=O) groups excluding carboxylic acids is 4. The van der Waals surface area contributed by atoms with Gasteiger partial charge >= 0.3 is 0 Å². The minimum atomic E-state index is -0.213. The van der Waals surface area contributed by atoms with Crippen LogP contribution in [0.4, 0.5) is 11.4 Å². The van der Waals surface area contributed by atoms with Crippen LogP contribution in [0, 0.1) is 13.8 Å². The third kappa shape index (κ3) is 4.91. The standard InChI is InChI=1S/C31H26N2O4/c1-20-3-14-28(21(2)17-20)31(22-4-8-24(9-5-22)32-18-26(34)12-15-29(32)36)23-6-10-25(11-7-23)33-19-27(35)13-16-30(33)37/h3-17,31H,18-19H2,1-2H3. The Morgan fingerprint density at radius 2 is 1.05 bits per heavy atom. The summed E-state index contributed by atoms with van der Waals surface area (Å²) in [4.78, 5) is 51.3. The lowest BCUT2D eigenvalue weighted by Gasteiger charge is -2.26. The highest BCUT2D eigenvalue weighted by molar-refractivity contribution is 6.14. The average Bonchev–Trinajstić information content (AvgIpc) is 2.89. The quantitative estimate of drug-likeness (QED) is 0.496. The summed E-state index contributed by atoms with van der Waals surface area (Å²) in [5.74, 6) is -0.743. The van der Waals surface area contributed by atoms with E-state index in [0.29, 0.717) is 11.4 Å². The summed E-state index contributed by atoms with van der Waals surface area (Å²) in [5.41, 5.74) is 6.87. The van der Waals surface area contributed by atoms with Crippen molar-refractivity contribution in [1.82, 2.24) is 0 Å². The molecule has 3 aromatic rings. The first-order valence-electron chi connectivity index (χ1n) is 12.1. The smallest absolute Gasteiger partial charge is 0.251 e. The second-order valence-electron chi connectivity index (χ2n) is 9.42. The number of rotatable bonds is 5. The van der Waals surface area contributed by atoms with Crippen molar-refractivity contribution in [2.75, 3.05) is 22.9 Å². The molecule has 2 aliphatic heterocycles. The zero-order valence-electron chi connectivity index (χ0n) is 20.7. The largest absolute Gasteiger partial charge is 0.301 e. The molecule has 37 heavy (non-hydrogen) atoms. The Balaban J connectivity index is 1.52. The van der Waals surface area contributed by atoms with Crippen LogP contribution in [-0.4, -0.2) is 36.5 Å². The second-order valence-corrected chi connectivity index (χ2v) is 9.42. The van der Waals surface area contributed by atoms with Gasteiger partial charge in [-0.1, -0.05) is 48.0 Å². The molecule has 0 spiro atoms. The number of ketones is 2. The number of benzene rings is 3. The number of hydrogen-bond donors (Lipinski definition) is 0. The van der Waals surface area contributed by atoms with Gasteiger partial charge in [-0.25, -0.2) is 0 Å². The summed E-state index contributed by atoms with van der Waals surface area (Å²) in [6.45, 7) is 4.21. The van der Waals surface area contributed by atoms with E-state index in [2.05, 4.69) is 32.0 Å². The van der Waals surface area contributed by atoms with E-state index in [9.17, 15) is 19.2 Å². The second kappa shape index (κ2) is 9.82. The van der Waals surface area contributed by atoms with Crippen molar-refractivity contribution in [2.24, 2.45) is 0 Å². The van der Waals surface area contributed by atoms with Crippen molar-refractivity contribution >= 4 is 34.8 Å². The molecule has 0 unspecified atom stereocenters. The molecule has 0 radical (unpaired) electrons. The van der Waals surface area contributed by atoms with Crippen LogP contribution in [0.5, 0.6) is 0 Å². The number of hydrogen-bond acceptors (Lipinski definition) is 4. The predicted molar refractivity (Wildman–Crippen MR) is 143 cm³/mol. The van der Waals surface area contributed by atoms with Gasteiger partial charge in [-0.2, -0.15) is 0 Å². The summed E-state index contributed by atoms with van der Waals surface area (Å²) >= 11 is 0. The number of nitrogens with zero attached hydrogens (tertiary/aromatic N) is 2. The normalized spacial score (nSPS) is 15.8. The van der Waals surface area contributed by atoms with Crippen LogP contribution < -0.4 is 9.80 Å². The van der Waals surface area contributed by atoms with Crippen LogP contribution >= 0.6 is 0 Å². The Hall–Kier alpha value is -4.58. The first-order valence-corrected chi connectivity index (χ1v) is 12.1. The first-order chi connectivity index (χ1) is 17.8. The molecular formula is C31H26N2O4. The van der Waals surface area contributed by atoms with Crippen molar-refractivity contribution in [3.8, 4) is 0 Å². The molecule has 0 aromatic heterocycles. The average molecular weight is 491 g/mol. The zero-order chi connectivity index (χ0) is 26.1. The molecule has 0 N–H and O–H groups in total. The van der Waals surface area contributed by atoms with E-state index in [0.717, 1.165) is 22.3 Å². The van der Waals surface area contributed by atoms with E-state index in [-0.39, 0.29) is 42.4 Å². The fraction of sp³-hybridized carbons (Fsp3) is 0.161. The van der Waals surface area contributed by atoms with Gasteiger partial charge in [0.05, 0.1) is 13.1 Å².